The number of halogens is 5. The maximum Gasteiger partial charge on any atom is 0.416 e. The first kappa shape index (κ1) is 18.6. The van der Waals surface area contributed by atoms with E-state index in [2.05, 4.69) is 5.32 Å². The van der Waals surface area contributed by atoms with Gasteiger partial charge in [0.15, 0.2) is 5.76 Å². The predicted octanol–water partition coefficient (Wildman–Crippen LogP) is 5.73. The maximum atomic E-state index is 12.7. The van der Waals surface area contributed by atoms with E-state index in [1.807, 2.05) is 0 Å². The monoisotopic (exact) mass is 401 g/mol. The number of carbonyl (C=O) groups excluding carboxylic acids is 1. The first-order valence-corrected chi connectivity index (χ1v) is 8.32. The summed E-state index contributed by atoms with van der Waals surface area (Å²) in [6.45, 7) is 0.307. The number of hydrogen-bond acceptors (Lipinski definition) is 2. The predicted molar refractivity (Wildman–Crippen MR) is 93.7 cm³/mol. The van der Waals surface area contributed by atoms with Crippen LogP contribution in [0.25, 0.3) is 11.0 Å². The van der Waals surface area contributed by atoms with E-state index >= 15 is 0 Å². The number of alkyl halides is 3. The fourth-order valence-electron chi connectivity index (χ4n) is 2.42. The van der Waals surface area contributed by atoms with Gasteiger partial charge in [-0.25, -0.2) is 0 Å². The highest BCUT2D eigenvalue weighted by atomic mass is 35.5. The third-order valence-corrected chi connectivity index (χ3v) is 4.49. The zero-order valence-corrected chi connectivity index (χ0v) is 14.7. The first-order valence-electron chi connectivity index (χ1n) is 7.57. The number of nitrogens with one attached hydrogen (secondary N) is 1. The maximum absolute atomic E-state index is 12.7. The van der Waals surface area contributed by atoms with Crippen LogP contribution in [0.4, 0.5) is 13.2 Å². The molecule has 136 valence electrons. The van der Waals surface area contributed by atoms with Gasteiger partial charge in [0.25, 0.3) is 5.91 Å². The lowest BCUT2D eigenvalue weighted by Crippen LogP contribution is -2.25. The molecule has 3 aromatic rings. The van der Waals surface area contributed by atoms with E-state index in [9.17, 15) is 18.0 Å². The van der Waals surface area contributed by atoms with Crippen molar-refractivity contribution in [3.8, 4) is 0 Å². The van der Waals surface area contributed by atoms with Crippen molar-refractivity contribution in [2.45, 2.75) is 12.6 Å². The first-order chi connectivity index (χ1) is 12.2. The highest BCUT2D eigenvalue weighted by Crippen LogP contribution is 2.32. The third-order valence-electron chi connectivity index (χ3n) is 3.75. The molecule has 0 unspecified atom stereocenters. The van der Waals surface area contributed by atoms with E-state index in [1.165, 1.54) is 12.1 Å². The largest absolute Gasteiger partial charge is 0.451 e. The van der Waals surface area contributed by atoms with Gasteiger partial charge in [-0.2, -0.15) is 13.2 Å². The Balaban J connectivity index is 1.66. The molecule has 0 saturated carbocycles. The van der Waals surface area contributed by atoms with Crippen LogP contribution in [0.15, 0.2) is 46.9 Å². The van der Waals surface area contributed by atoms with Crippen molar-refractivity contribution in [2.75, 3.05) is 6.54 Å². The summed E-state index contributed by atoms with van der Waals surface area (Å²) >= 11 is 11.8. The van der Waals surface area contributed by atoms with Crippen LogP contribution in [-0.2, 0) is 12.6 Å². The second kappa shape index (κ2) is 7.21. The molecule has 0 bridgehead atoms. The summed E-state index contributed by atoms with van der Waals surface area (Å²) in [5, 5.41) is 3.95. The molecule has 1 N–H and O–H groups in total. The minimum Gasteiger partial charge on any atom is -0.451 e. The molecular weight excluding hydrogens is 390 g/mol. The molecule has 1 heterocycles. The van der Waals surface area contributed by atoms with Crippen molar-refractivity contribution >= 4 is 40.1 Å². The van der Waals surface area contributed by atoms with Crippen molar-refractivity contribution in [3.63, 3.8) is 0 Å². The molecule has 3 nitrogen and oxygen atoms in total. The summed E-state index contributed by atoms with van der Waals surface area (Å²) in [4.78, 5) is 12.1. The lowest BCUT2D eigenvalue weighted by molar-refractivity contribution is -0.137. The van der Waals surface area contributed by atoms with Crippen LogP contribution in [-0.4, -0.2) is 12.5 Å². The molecule has 0 aliphatic rings. The van der Waals surface area contributed by atoms with Crippen LogP contribution in [0.3, 0.4) is 0 Å². The quantitative estimate of drug-likeness (QED) is 0.606. The highest BCUT2D eigenvalue weighted by Gasteiger charge is 2.31. The molecule has 8 heteroatoms. The van der Waals surface area contributed by atoms with E-state index in [1.54, 1.807) is 18.2 Å². The van der Waals surface area contributed by atoms with Gasteiger partial charge in [-0.05, 0) is 42.3 Å². The fraction of sp³-hybridized carbons (Fsp3) is 0.167. The van der Waals surface area contributed by atoms with Crippen LogP contribution in [0.1, 0.15) is 21.7 Å². The van der Waals surface area contributed by atoms with Gasteiger partial charge in [0.2, 0.25) is 0 Å². The van der Waals surface area contributed by atoms with Crippen molar-refractivity contribution < 1.29 is 22.4 Å². The average molecular weight is 402 g/mol. The Labute approximate surface area is 156 Å². The highest BCUT2D eigenvalue weighted by molar-refractivity contribution is 6.42. The summed E-state index contributed by atoms with van der Waals surface area (Å²) in [5.41, 5.74) is 0.0690. The molecule has 1 aromatic heterocycles. The Morgan fingerprint density at radius 1 is 1.04 bits per heavy atom. The Morgan fingerprint density at radius 2 is 1.81 bits per heavy atom. The normalized spacial score (nSPS) is 11.7. The number of rotatable bonds is 4. The van der Waals surface area contributed by atoms with Gasteiger partial charge in [-0.15, -0.1) is 0 Å². The Hall–Kier alpha value is -2.18. The number of fused-ring (bicyclic) bond motifs is 1. The van der Waals surface area contributed by atoms with E-state index < -0.39 is 17.6 Å². The molecule has 0 spiro atoms. The molecule has 0 radical (unpaired) electrons. The molecule has 0 aliphatic heterocycles. The molecule has 0 atom stereocenters. The second-order valence-corrected chi connectivity index (χ2v) is 6.43. The number of furan rings is 1. The Kier molecular flexibility index (Phi) is 5.16. The van der Waals surface area contributed by atoms with E-state index in [0.29, 0.717) is 28.4 Å². The molecule has 0 fully saturated rings. The minimum atomic E-state index is -4.47. The number of hydrogen-bond donors (Lipinski definition) is 1. The summed E-state index contributed by atoms with van der Waals surface area (Å²) in [7, 11) is 0. The van der Waals surface area contributed by atoms with Gasteiger partial charge in [0.1, 0.15) is 5.58 Å². The lowest BCUT2D eigenvalue weighted by atomic mass is 10.1. The lowest BCUT2D eigenvalue weighted by Gasteiger charge is -2.05. The number of carbonyl (C=O) groups is 1. The van der Waals surface area contributed by atoms with Crippen LogP contribution in [0, 0.1) is 0 Å². The van der Waals surface area contributed by atoms with Crippen LogP contribution in [0.2, 0.25) is 10.0 Å². The zero-order valence-electron chi connectivity index (χ0n) is 13.2. The standard InChI is InChI=1S/C18H12Cl2F3NO2/c19-13-4-1-10(7-14(13)20)5-6-24-17(25)16-8-11-2-3-12(18(21,22)23)9-15(11)26-16/h1-4,7-9H,5-6H2,(H,24,25). The van der Waals surface area contributed by atoms with Crippen molar-refractivity contribution in [3.05, 3.63) is 69.4 Å². The fourth-order valence-corrected chi connectivity index (χ4v) is 2.74. The van der Waals surface area contributed by atoms with Gasteiger partial charge in [0, 0.05) is 11.9 Å². The van der Waals surface area contributed by atoms with Crippen molar-refractivity contribution in [2.24, 2.45) is 0 Å². The van der Waals surface area contributed by atoms with Crippen molar-refractivity contribution in [1.29, 1.82) is 0 Å². The van der Waals surface area contributed by atoms with Crippen LogP contribution in [0.5, 0.6) is 0 Å². The number of benzene rings is 2. The van der Waals surface area contributed by atoms with E-state index in [0.717, 1.165) is 17.7 Å². The van der Waals surface area contributed by atoms with Gasteiger partial charge >= 0.3 is 6.18 Å². The van der Waals surface area contributed by atoms with Gasteiger partial charge in [0.05, 0.1) is 15.6 Å². The number of amides is 1. The molecule has 0 saturated heterocycles. The SMILES string of the molecule is O=C(NCCc1ccc(Cl)c(Cl)c1)c1cc2ccc(C(F)(F)F)cc2o1. The molecule has 3 rings (SSSR count). The third kappa shape index (κ3) is 4.14. The smallest absolute Gasteiger partial charge is 0.416 e. The summed E-state index contributed by atoms with van der Waals surface area (Å²) in [6, 6.07) is 9.67. The van der Waals surface area contributed by atoms with Crippen LogP contribution < -0.4 is 5.32 Å². The molecular formula is C18H12Cl2F3NO2. The average Bonchev–Trinajstić information content (AvgIpc) is 3.00. The summed E-state index contributed by atoms with van der Waals surface area (Å²) < 4.78 is 43.4. The topological polar surface area (TPSA) is 42.2 Å². The molecule has 1 amide bonds. The van der Waals surface area contributed by atoms with Gasteiger partial charge in [-0.3, -0.25) is 4.79 Å². The molecule has 26 heavy (non-hydrogen) atoms. The Morgan fingerprint density at radius 3 is 2.50 bits per heavy atom. The molecule has 0 aliphatic carbocycles. The van der Waals surface area contributed by atoms with E-state index in [-0.39, 0.29) is 11.3 Å². The van der Waals surface area contributed by atoms with E-state index in [4.69, 9.17) is 27.6 Å². The minimum absolute atomic E-state index is 0.00876. The summed E-state index contributed by atoms with van der Waals surface area (Å²) in [6.07, 6.45) is -3.95. The zero-order chi connectivity index (χ0) is 18.9. The Bertz CT molecular complexity index is 967. The van der Waals surface area contributed by atoms with Crippen LogP contribution >= 0.6 is 23.2 Å². The second-order valence-electron chi connectivity index (χ2n) is 5.62. The summed E-state index contributed by atoms with van der Waals surface area (Å²) in [5.74, 6) is -0.553. The van der Waals surface area contributed by atoms with Crippen molar-refractivity contribution in [1.82, 2.24) is 5.32 Å². The molecule has 2 aromatic carbocycles. The van der Waals surface area contributed by atoms with Gasteiger partial charge in [-0.1, -0.05) is 35.3 Å². The van der Waals surface area contributed by atoms with Gasteiger partial charge < -0.3 is 9.73 Å².